The molecule has 2 aromatic heterocycles. The van der Waals surface area contributed by atoms with Gasteiger partial charge in [-0.1, -0.05) is 0 Å². The summed E-state index contributed by atoms with van der Waals surface area (Å²) < 4.78 is 7.22. The van der Waals surface area contributed by atoms with Crippen molar-refractivity contribution in [2.75, 3.05) is 6.61 Å². The molecule has 2 aromatic rings. The van der Waals surface area contributed by atoms with Gasteiger partial charge in [-0.25, -0.2) is 9.50 Å². The topological polar surface area (TPSA) is 56.5 Å². The second kappa shape index (κ2) is 6.60. The summed E-state index contributed by atoms with van der Waals surface area (Å²) in [5, 5.41) is 4.52. The molecular formula is C19H24ClN3O2. The fourth-order valence-corrected chi connectivity index (χ4v) is 5.19. The summed E-state index contributed by atoms with van der Waals surface area (Å²) in [6.45, 7) is 4.36. The molecule has 0 aliphatic heterocycles. The number of nitrogens with zero attached hydrogens (tertiary/aromatic N) is 3. The van der Waals surface area contributed by atoms with E-state index in [9.17, 15) is 4.79 Å². The molecule has 25 heavy (non-hydrogen) atoms. The van der Waals surface area contributed by atoms with E-state index < -0.39 is 0 Å². The van der Waals surface area contributed by atoms with Crippen molar-refractivity contribution in [1.82, 2.24) is 14.6 Å². The number of carbonyl (C=O) groups excluding carboxylic acids is 1. The van der Waals surface area contributed by atoms with Gasteiger partial charge >= 0.3 is 5.97 Å². The molecule has 5 rings (SSSR count). The zero-order chi connectivity index (χ0) is 17.6. The van der Waals surface area contributed by atoms with Crippen LogP contribution < -0.4 is 0 Å². The van der Waals surface area contributed by atoms with Crippen LogP contribution in [0.25, 0.3) is 5.52 Å². The average Bonchev–Trinajstić information content (AvgIpc) is 2.96. The minimum atomic E-state index is -0.0235. The first-order chi connectivity index (χ1) is 12.1. The molecule has 2 bridgehead atoms. The first kappa shape index (κ1) is 16.8. The van der Waals surface area contributed by atoms with Gasteiger partial charge in [0.05, 0.1) is 23.7 Å². The normalized spacial score (nSPS) is 28.4. The van der Waals surface area contributed by atoms with Gasteiger partial charge in [0.15, 0.2) is 0 Å². The smallest absolute Gasteiger partial charge is 0.309 e. The van der Waals surface area contributed by atoms with Crippen LogP contribution >= 0.6 is 11.6 Å². The van der Waals surface area contributed by atoms with Crippen LogP contribution in [0.2, 0.25) is 5.28 Å². The predicted molar refractivity (Wildman–Crippen MR) is 95.5 cm³/mol. The van der Waals surface area contributed by atoms with Crippen LogP contribution in [0.15, 0.2) is 12.3 Å². The third-order valence-corrected chi connectivity index (χ3v) is 6.19. The lowest BCUT2D eigenvalue weighted by molar-refractivity contribution is -0.158. The van der Waals surface area contributed by atoms with Gasteiger partial charge in [-0.2, -0.15) is 0 Å². The third kappa shape index (κ3) is 3.03. The Hall–Kier alpha value is -1.62. The summed E-state index contributed by atoms with van der Waals surface area (Å²) in [6.07, 6.45) is 7.44. The van der Waals surface area contributed by atoms with E-state index in [4.69, 9.17) is 16.3 Å². The summed E-state index contributed by atoms with van der Waals surface area (Å²) in [5.41, 5.74) is 3.07. The highest BCUT2D eigenvalue weighted by Gasteiger charge is 2.47. The van der Waals surface area contributed by atoms with E-state index in [-0.39, 0.29) is 23.1 Å². The summed E-state index contributed by atoms with van der Waals surface area (Å²) in [6, 6.07) is 2.09. The number of aromatic nitrogens is 3. The zero-order valence-electron chi connectivity index (χ0n) is 14.7. The lowest BCUT2D eigenvalue weighted by Gasteiger charge is -2.47. The lowest BCUT2D eigenvalue weighted by atomic mass is 9.57. The Morgan fingerprint density at radius 1 is 1.32 bits per heavy atom. The Morgan fingerprint density at radius 3 is 2.76 bits per heavy atom. The summed E-state index contributed by atoms with van der Waals surface area (Å²) >= 11 is 6.14. The number of rotatable bonds is 4. The maximum absolute atomic E-state index is 12.6. The van der Waals surface area contributed by atoms with E-state index in [0.717, 1.165) is 36.0 Å². The van der Waals surface area contributed by atoms with Crippen LogP contribution in [-0.2, 0) is 16.0 Å². The molecule has 0 saturated heterocycles. The Labute approximate surface area is 152 Å². The molecule has 2 heterocycles. The predicted octanol–water partition coefficient (Wildman–Crippen LogP) is 3.85. The zero-order valence-corrected chi connectivity index (χ0v) is 15.5. The van der Waals surface area contributed by atoms with Gasteiger partial charge in [0.2, 0.25) is 5.28 Å². The third-order valence-electron chi connectivity index (χ3n) is 6.03. The Morgan fingerprint density at radius 2 is 2.04 bits per heavy atom. The molecule has 3 aliphatic rings. The minimum Gasteiger partial charge on any atom is -0.466 e. The number of aryl methyl sites for hydroxylation is 1. The molecule has 0 amide bonds. The van der Waals surface area contributed by atoms with Crippen molar-refractivity contribution in [2.24, 2.45) is 23.7 Å². The van der Waals surface area contributed by atoms with E-state index in [2.05, 4.69) is 16.1 Å². The van der Waals surface area contributed by atoms with Crippen LogP contribution in [0.1, 0.15) is 43.9 Å². The Balaban J connectivity index is 1.69. The maximum atomic E-state index is 12.6. The lowest BCUT2D eigenvalue weighted by Crippen LogP contribution is -2.45. The van der Waals surface area contributed by atoms with Crippen LogP contribution in [0.5, 0.6) is 0 Å². The van der Waals surface area contributed by atoms with Crippen molar-refractivity contribution in [2.45, 2.75) is 46.0 Å². The van der Waals surface area contributed by atoms with Crippen molar-refractivity contribution >= 4 is 23.1 Å². The van der Waals surface area contributed by atoms with Gasteiger partial charge < -0.3 is 4.74 Å². The molecule has 5 nitrogen and oxygen atoms in total. The average molecular weight is 362 g/mol. The van der Waals surface area contributed by atoms with E-state index in [1.54, 1.807) is 4.52 Å². The number of hydrogen-bond acceptors (Lipinski definition) is 4. The first-order valence-corrected chi connectivity index (χ1v) is 9.62. The number of fused-ring (bicyclic) bond motifs is 4. The number of ether oxygens (including phenoxy) is 1. The molecule has 3 saturated carbocycles. The van der Waals surface area contributed by atoms with E-state index in [0.29, 0.717) is 18.4 Å². The number of halogens is 1. The molecule has 0 spiro atoms. The monoisotopic (exact) mass is 361 g/mol. The molecule has 0 unspecified atom stereocenters. The van der Waals surface area contributed by atoms with Gasteiger partial charge in [-0.15, -0.1) is 5.10 Å². The SMILES string of the molecule is CCOC(=O)[C@H]1[C@H]2CC[C@H](CC2)[C@@H]1Cc1nc(Cl)nn2cc(C)cc12. The molecular weight excluding hydrogens is 338 g/mol. The first-order valence-electron chi connectivity index (χ1n) is 9.25. The quantitative estimate of drug-likeness (QED) is 0.776. The Bertz CT molecular complexity index is 795. The van der Waals surface area contributed by atoms with Gasteiger partial charge in [-0.05, 0) is 86.9 Å². The van der Waals surface area contributed by atoms with Crippen LogP contribution in [0.4, 0.5) is 0 Å². The van der Waals surface area contributed by atoms with Gasteiger partial charge in [0.1, 0.15) is 0 Å². The van der Waals surface area contributed by atoms with Crippen molar-refractivity contribution in [3.8, 4) is 0 Å². The minimum absolute atomic E-state index is 0.00250. The fourth-order valence-electron chi connectivity index (χ4n) is 5.01. The summed E-state index contributed by atoms with van der Waals surface area (Å²) in [5.74, 6) is 1.29. The number of esters is 1. The van der Waals surface area contributed by atoms with Crippen molar-refractivity contribution in [3.63, 3.8) is 0 Å². The second-order valence-corrected chi connectivity index (χ2v) is 7.83. The summed E-state index contributed by atoms with van der Waals surface area (Å²) in [7, 11) is 0. The Kier molecular flexibility index (Phi) is 4.44. The van der Waals surface area contributed by atoms with E-state index >= 15 is 0 Å². The molecule has 0 radical (unpaired) electrons. The van der Waals surface area contributed by atoms with Crippen molar-refractivity contribution in [1.29, 1.82) is 0 Å². The maximum Gasteiger partial charge on any atom is 0.309 e. The largest absolute Gasteiger partial charge is 0.466 e. The second-order valence-electron chi connectivity index (χ2n) is 7.50. The van der Waals surface area contributed by atoms with Crippen molar-refractivity contribution < 1.29 is 9.53 Å². The molecule has 0 aromatic carbocycles. The van der Waals surface area contributed by atoms with Crippen LogP contribution in [-0.4, -0.2) is 27.2 Å². The van der Waals surface area contributed by atoms with Gasteiger partial charge in [-0.3, -0.25) is 4.79 Å². The van der Waals surface area contributed by atoms with E-state index in [1.807, 2.05) is 20.0 Å². The number of hydrogen-bond donors (Lipinski definition) is 0. The fraction of sp³-hybridized carbons (Fsp3) is 0.632. The van der Waals surface area contributed by atoms with E-state index in [1.165, 1.54) is 12.8 Å². The molecule has 134 valence electrons. The molecule has 3 fully saturated rings. The summed E-state index contributed by atoms with van der Waals surface area (Å²) in [4.78, 5) is 17.2. The molecule has 0 N–H and O–H groups in total. The van der Waals surface area contributed by atoms with Crippen LogP contribution in [0.3, 0.4) is 0 Å². The molecule has 6 heteroatoms. The highest BCUT2D eigenvalue weighted by Crippen LogP contribution is 2.50. The van der Waals surface area contributed by atoms with Crippen LogP contribution in [0, 0.1) is 30.6 Å². The highest BCUT2D eigenvalue weighted by molar-refractivity contribution is 6.28. The highest BCUT2D eigenvalue weighted by atomic mass is 35.5. The van der Waals surface area contributed by atoms with Crippen molar-refractivity contribution in [3.05, 3.63) is 28.8 Å². The van der Waals surface area contributed by atoms with Gasteiger partial charge in [0, 0.05) is 6.20 Å². The molecule has 3 aliphatic carbocycles. The van der Waals surface area contributed by atoms with Gasteiger partial charge in [0.25, 0.3) is 0 Å². The standard InChI is InChI=1S/C19H24ClN3O2/c1-3-25-18(24)17-13-6-4-12(5-7-13)14(17)9-15-16-8-11(2)10-23(16)22-19(20)21-15/h8,10,12-14,17H,3-7,9H2,1-2H3/t12-,13+,14-,17-/m0/s1. The number of carbonyl (C=O) groups is 1. The molecule has 2 atom stereocenters.